The SMILES string of the molecule is CCOc1ccccc1CNC(C)c1ccc(Br)cc1Br. The van der Waals surface area contributed by atoms with Crippen LogP contribution in [0.4, 0.5) is 0 Å². The van der Waals surface area contributed by atoms with E-state index in [2.05, 4.69) is 68.4 Å². The van der Waals surface area contributed by atoms with Gasteiger partial charge < -0.3 is 10.1 Å². The van der Waals surface area contributed by atoms with Gasteiger partial charge in [-0.2, -0.15) is 0 Å². The maximum Gasteiger partial charge on any atom is 0.123 e. The highest BCUT2D eigenvalue weighted by Crippen LogP contribution is 2.27. The Hall–Kier alpha value is -0.840. The molecule has 2 nitrogen and oxygen atoms in total. The van der Waals surface area contributed by atoms with Crippen LogP contribution < -0.4 is 10.1 Å². The first-order chi connectivity index (χ1) is 10.1. The Morgan fingerprint density at radius 1 is 1.14 bits per heavy atom. The van der Waals surface area contributed by atoms with Gasteiger partial charge in [-0.05, 0) is 37.6 Å². The highest BCUT2D eigenvalue weighted by molar-refractivity contribution is 9.11. The molecule has 0 spiro atoms. The monoisotopic (exact) mass is 411 g/mol. The second-order valence-corrected chi connectivity index (χ2v) is 6.58. The zero-order valence-corrected chi connectivity index (χ0v) is 15.4. The van der Waals surface area contributed by atoms with Crippen molar-refractivity contribution in [3.8, 4) is 5.75 Å². The summed E-state index contributed by atoms with van der Waals surface area (Å²) in [6, 6.07) is 14.7. The summed E-state index contributed by atoms with van der Waals surface area (Å²) < 4.78 is 7.84. The summed E-state index contributed by atoms with van der Waals surface area (Å²) in [6.07, 6.45) is 0. The first-order valence-electron chi connectivity index (χ1n) is 7.01. The molecule has 0 saturated heterocycles. The normalized spacial score (nSPS) is 12.2. The molecule has 4 heteroatoms. The van der Waals surface area contributed by atoms with Crippen molar-refractivity contribution in [1.29, 1.82) is 0 Å². The maximum absolute atomic E-state index is 5.66. The van der Waals surface area contributed by atoms with Crippen LogP contribution in [0.25, 0.3) is 0 Å². The lowest BCUT2D eigenvalue weighted by molar-refractivity contribution is 0.335. The average molecular weight is 413 g/mol. The van der Waals surface area contributed by atoms with E-state index in [9.17, 15) is 0 Å². The molecule has 2 aromatic rings. The first kappa shape index (κ1) is 16.5. The van der Waals surface area contributed by atoms with Crippen LogP contribution in [0.2, 0.25) is 0 Å². The molecule has 0 amide bonds. The van der Waals surface area contributed by atoms with E-state index in [1.165, 1.54) is 11.1 Å². The third-order valence-corrected chi connectivity index (χ3v) is 4.48. The van der Waals surface area contributed by atoms with Crippen molar-refractivity contribution in [2.75, 3.05) is 6.61 Å². The van der Waals surface area contributed by atoms with E-state index >= 15 is 0 Å². The number of hydrogen-bond donors (Lipinski definition) is 1. The molecule has 0 aliphatic heterocycles. The lowest BCUT2D eigenvalue weighted by Crippen LogP contribution is -2.19. The number of rotatable bonds is 6. The third kappa shape index (κ3) is 4.56. The quantitative estimate of drug-likeness (QED) is 0.679. The molecule has 112 valence electrons. The number of ether oxygens (including phenoxy) is 1. The molecule has 0 aliphatic carbocycles. The largest absolute Gasteiger partial charge is 0.494 e. The van der Waals surface area contributed by atoms with E-state index < -0.39 is 0 Å². The number of benzene rings is 2. The van der Waals surface area contributed by atoms with Crippen LogP contribution in [0.5, 0.6) is 5.75 Å². The van der Waals surface area contributed by atoms with Gasteiger partial charge in [-0.3, -0.25) is 0 Å². The smallest absolute Gasteiger partial charge is 0.123 e. The van der Waals surface area contributed by atoms with E-state index in [4.69, 9.17) is 4.74 Å². The summed E-state index contributed by atoms with van der Waals surface area (Å²) in [7, 11) is 0. The van der Waals surface area contributed by atoms with Gasteiger partial charge in [0.1, 0.15) is 5.75 Å². The molecule has 2 rings (SSSR count). The topological polar surface area (TPSA) is 21.3 Å². The Balaban J connectivity index is 2.05. The van der Waals surface area contributed by atoms with E-state index in [-0.39, 0.29) is 6.04 Å². The summed E-state index contributed by atoms with van der Waals surface area (Å²) in [4.78, 5) is 0. The van der Waals surface area contributed by atoms with Crippen LogP contribution in [-0.4, -0.2) is 6.61 Å². The highest BCUT2D eigenvalue weighted by atomic mass is 79.9. The standard InChI is InChI=1S/C17H19Br2NO/c1-3-21-17-7-5-4-6-13(17)11-20-12(2)15-9-8-14(18)10-16(15)19/h4-10,12,20H,3,11H2,1-2H3. The summed E-state index contributed by atoms with van der Waals surface area (Å²) in [5, 5.41) is 3.55. The van der Waals surface area contributed by atoms with Crippen LogP contribution in [0.3, 0.4) is 0 Å². The molecule has 0 heterocycles. The average Bonchev–Trinajstić information content (AvgIpc) is 2.46. The lowest BCUT2D eigenvalue weighted by Gasteiger charge is -2.17. The molecule has 0 aromatic heterocycles. The minimum atomic E-state index is 0.252. The molecule has 0 saturated carbocycles. The van der Waals surface area contributed by atoms with Crippen molar-refractivity contribution in [2.45, 2.75) is 26.4 Å². The van der Waals surface area contributed by atoms with Gasteiger partial charge in [0.2, 0.25) is 0 Å². The van der Waals surface area contributed by atoms with Crippen LogP contribution in [-0.2, 0) is 6.54 Å². The fraction of sp³-hybridized carbons (Fsp3) is 0.294. The Morgan fingerprint density at radius 2 is 1.90 bits per heavy atom. The second kappa shape index (κ2) is 7.97. The van der Waals surface area contributed by atoms with Crippen molar-refractivity contribution in [3.63, 3.8) is 0 Å². The Labute approximate surface area is 143 Å². The maximum atomic E-state index is 5.66. The van der Waals surface area contributed by atoms with Gasteiger partial charge in [-0.25, -0.2) is 0 Å². The summed E-state index contributed by atoms with van der Waals surface area (Å²) in [6.45, 7) is 5.63. The molecule has 0 aliphatic rings. The van der Waals surface area contributed by atoms with Gasteiger partial charge in [-0.1, -0.05) is 56.1 Å². The van der Waals surface area contributed by atoms with E-state index in [0.717, 1.165) is 21.2 Å². The fourth-order valence-electron chi connectivity index (χ4n) is 2.17. The molecule has 0 bridgehead atoms. The van der Waals surface area contributed by atoms with Crippen LogP contribution in [0.1, 0.15) is 31.0 Å². The third-order valence-electron chi connectivity index (χ3n) is 3.30. The summed E-state index contributed by atoms with van der Waals surface area (Å²) in [5.41, 5.74) is 2.42. The van der Waals surface area contributed by atoms with Crippen molar-refractivity contribution < 1.29 is 4.74 Å². The van der Waals surface area contributed by atoms with E-state index in [0.29, 0.717) is 6.61 Å². The molecule has 21 heavy (non-hydrogen) atoms. The zero-order valence-electron chi connectivity index (χ0n) is 12.2. The summed E-state index contributed by atoms with van der Waals surface area (Å²) in [5.74, 6) is 0.953. The van der Waals surface area contributed by atoms with Gasteiger partial charge in [-0.15, -0.1) is 0 Å². The lowest BCUT2D eigenvalue weighted by atomic mass is 10.1. The van der Waals surface area contributed by atoms with Crippen molar-refractivity contribution in [2.24, 2.45) is 0 Å². The summed E-state index contributed by atoms with van der Waals surface area (Å²) >= 11 is 7.10. The molecule has 1 unspecified atom stereocenters. The Kier molecular flexibility index (Phi) is 6.27. The van der Waals surface area contributed by atoms with Crippen molar-refractivity contribution in [3.05, 3.63) is 62.5 Å². The molecule has 0 fully saturated rings. The predicted octanol–water partition coefficient (Wildman–Crippen LogP) is 5.46. The Morgan fingerprint density at radius 3 is 2.62 bits per heavy atom. The number of halogens is 2. The van der Waals surface area contributed by atoms with Gasteiger partial charge in [0.15, 0.2) is 0 Å². The molecule has 1 N–H and O–H groups in total. The van der Waals surface area contributed by atoms with E-state index in [1.807, 2.05) is 25.1 Å². The van der Waals surface area contributed by atoms with Crippen molar-refractivity contribution in [1.82, 2.24) is 5.32 Å². The first-order valence-corrected chi connectivity index (χ1v) is 8.59. The Bertz CT molecular complexity index is 601. The highest BCUT2D eigenvalue weighted by Gasteiger charge is 2.10. The van der Waals surface area contributed by atoms with Gasteiger partial charge in [0.25, 0.3) is 0 Å². The number of para-hydroxylation sites is 1. The minimum Gasteiger partial charge on any atom is -0.494 e. The van der Waals surface area contributed by atoms with Crippen molar-refractivity contribution >= 4 is 31.9 Å². The van der Waals surface area contributed by atoms with Crippen LogP contribution in [0, 0.1) is 0 Å². The van der Waals surface area contributed by atoms with Gasteiger partial charge in [0.05, 0.1) is 6.61 Å². The zero-order chi connectivity index (χ0) is 15.2. The number of hydrogen-bond acceptors (Lipinski definition) is 2. The van der Waals surface area contributed by atoms with E-state index in [1.54, 1.807) is 0 Å². The second-order valence-electron chi connectivity index (χ2n) is 4.81. The molecule has 1 atom stereocenters. The molecular formula is C17H19Br2NO. The van der Waals surface area contributed by atoms with Gasteiger partial charge in [0, 0.05) is 27.1 Å². The van der Waals surface area contributed by atoms with Crippen LogP contribution >= 0.6 is 31.9 Å². The molecule has 2 aromatic carbocycles. The van der Waals surface area contributed by atoms with Gasteiger partial charge >= 0.3 is 0 Å². The molecule has 0 radical (unpaired) electrons. The van der Waals surface area contributed by atoms with Crippen LogP contribution in [0.15, 0.2) is 51.4 Å². The molecular weight excluding hydrogens is 394 g/mol. The predicted molar refractivity (Wildman–Crippen MR) is 94.7 cm³/mol. The fourth-order valence-corrected chi connectivity index (χ4v) is 3.56. The minimum absolute atomic E-state index is 0.252. The number of nitrogens with one attached hydrogen (secondary N) is 1.